The van der Waals surface area contributed by atoms with Gasteiger partial charge in [0.25, 0.3) is 7.59 Å². The Hall–Kier alpha value is -0.110. The SMILES string of the molecule is CC(=CC(CCOC(=O)C(Cl)(Cl)Cl)OC(=O)C(Cl)(Cl)Cl)C(=O)O. The van der Waals surface area contributed by atoms with E-state index in [-0.39, 0.29) is 18.6 Å². The van der Waals surface area contributed by atoms with Gasteiger partial charge in [0.05, 0.1) is 6.61 Å². The van der Waals surface area contributed by atoms with Gasteiger partial charge in [-0.15, -0.1) is 0 Å². The zero-order valence-electron chi connectivity index (χ0n) is 11.3. The third kappa shape index (κ3) is 9.69. The predicted molar refractivity (Wildman–Crippen MR) is 87.4 cm³/mol. The lowest BCUT2D eigenvalue weighted by molar-refractivity contribution is -0.148. The number of carbonyl (C=O) groups is 3. The molecule has 0 aliphatic carbocycles. The molecule has 0 saturated heterocycles. The number of halogens is 6. The van der Waals surface area contributed by atoms with Gasteiger partial charge in [-0.2, -0.15) is 0 Å². The summed E-state index contributed by atoms with van der Waals surface area (Å²) in [6.07, 6.45) is -0.207. The number of alkyl halides is 6. The molecule has 0 radical (unpaired) electrons. The molecule has 1 N–H and O–H groups in total. The van der Waals surface area contributed by atoms with Gasteiger partial charge in [0.2, 0.25) is 0 Å². The third-order valence-electron chi connectivity index (χ3n) is 2.13. The fourth-order valence-corrected chi connectivity index (χ4v) is 1.38. The summed E-state index contributed by atoms with van der Waals surface area (Å²) in [4.78, 5) is 33.6. The molecule has 6 nitrogen and oxygen atoms in total. The monoisotopic (exact) mass is 448 g/mol. The van der Waals surface area contributed by atoms with Crippen LogP contribution in [0.25, 0.3) is 0 Å². The molecule has 0 aromatic heterocycles. The van der Waals surface area contributed by atoms with Crippen LogP contribution in [0.1, 0.15) is 13.3 Å². The molecule has 0 aliphatic rings. The molecule has 1 atom stereocenters. The quantitative estimate of drug-likeness (QED) is 0.378. The van der Waals surface area contributed by atoms with E-state index in [1.54, 1.807) is 0 Å². The van der Waals surface area contributed by atoms with E-state index in [1.165, 1.54) is 6.92 Å². The van der Waals surface area contributed by atoms with Crippen LogP contribution in [0.5, 0.6) is 0 Å². The van der Waals surface area contributed by atoms with Crippen LogP contribution in [0, 0.1) is 0 Å². The lowest BCUT2D eigenvalue weighted by Crippen LogP contribution is -2.29. The number of rotatable bonds is 6. The van der Waals surface area contributed by atoms with Crippen molar-refractivity contribution in [3.8, 4) is 0 Å². The number of hydrogen-bond acceptors (Lipinski definition) is 5. The maximum Gasteiger partial charge on any atom is 0.359 e. The summed E-state index contributed by atoms with van der Waals surface area (Å²) in [5.41, 5.74) is -0.139. The molecule has 0 rings (SSSR count). The second-order valence-electron chi connectivity index (χ2n) is 4.02. The highest BCUT2D eigenvalue weighted by Gasteiger charge is 2.35. The van der Waals surface area contributed by atoms with Crippen LogP contribution in [0.2, 0.25) is 0 Å². The highest BCUT2D eigenvalue weighted by Crippen LogP contribution is 2.29. The van der Waals surface area contributed by atoms with Crippen LogP contribution in [0.4, 0.5) is 0 Å². The first kappa shape index (κ1) is 22.9. The van der Waals surface area contributed by atoms with Crippen molar-refractivity contribution in [2.45, 2.75) is 27.0 Å². The standard InChI is InChI=1S/C11H10Cl6O6/c1-5(7(18)19)4-6(23-9(21)11(15,16)17)2-3-22-8(20)10(12,13)14/h4,6H,2-3H2,1H3,(H,18,19). The minimum atomic E-state index is -2.35. The molecule has 0 aliphatic heterocycles. The number of ether oxygens (including phenoxy) is 2. The fourth-order valence-electron chi connectivity index (χ4n) is 1.08. The summed E-state index contributed by atoms with van der Waals surface area (Å²) in [5.74, 6) is -3.62. The van der Waals surface area contributed by atoms with E-state index in [9.17, 15) is 14.4 Å². The first-order valence-electron chi connectivity index (χ1n) is 5.68. The van der Waals surface area contributed by atoms with Crippen LogP contribution < -0.4 is 0 Å². The van der Waals surface area contributed by atoms with Gasteiger partial charge < -0.3 is 14.6 Å². The molecule has 132 valence electrons. The highest BCUT2D eigenvalue weighted by atomic mass is 35.6. The zero-order valence-corrected chi connectivity index (χ0v) is 15.9. The molecule has 0 aromatic rings. The minimum Gasteiger partial charge on any atom is -0.478 e. The van der Waals surface area contributed by atoms with Crippen molar-refractivity contribution >= 4 is 87.5 Å². The maximum atomic E-state index is 11.5. The molecule has 0 spiro atoms. The molecular weight excluding hydrogens is 441 g/mol. The summed E-state index contributed by atoms with van der Waals surface area (Å²) < 4.78 is 4.87. The smallest absolute Gasteiger partial charge is 0.359 e. The number of esters is 2. The number of hydrogen-bond donors (Lipinski definition) is 1. The number of aliphatic carboxylic acids is 1. The fraction of sp³-hybridized carbons (Fsp3) is 0.545. The van der Waals surface area contributed by atoms with Crippen molar-refractivity contribution in [2.75, 3.05) is 6.61 Å². The molecule has 0 saturated carbocycles. The molecule has 0 heterocycles. The Morgan fingerprint density at radius 1 is 1.04 bits per heavy atom. The molecule has 12 heteroatoms. The van der Waals surface area contributed by atoms with E-state index in [0.717, 1.165) is 6.08 Å². The molecule has 0 bridgehead atoms. The van der Waals surface area contributed by atoms with Gasteiger partial charge in [0, 0.05) is 12.0 Å². The second kappa shape index (κ2) is 9.39. The molecule has 0 aromatic carbocycles. The van der Waals surface area contributed by atoms with E-state index >= 15 is 0 Å². The van der Waals surface area contributed by atoms with Gasteiger partial charge in [0.15, 0.2) is 0 Å². The van der Waals surface area contributed by atoms with Crippen LogP contribution in [-0.4, -0.2) is 43.3 Å². The Balaban J connectivity index is 4.88. The minimum absolute atomic E-state index is 0.139. The summed E-state index contributed by atoms with van der Waals surface area (Å²) in [7, 11) is 0. The summed E-state index contributed by atoms with van der Waals surface area (Å²) in [6, 6.07) is 0. The van der Waals surface area contributed by atoms with E-state index in [4.69, 9.17) is 79.4 Å². The van der Waals surface area contributed by atoms with Crippen LogP contribution in [0.15, 0.2) is 11.6 Å². The Labute approximate surface area is 161 Å². The van der Waals surface area contributed by atoms with Crippen molar-refractivity contribution < 1.29 is 29.0 Å². The molecule has 1 unspecified atom stereocenters. The van der Waals surface area contributed by atoms with Gasteiger partial charge in [-0.1, -0.05) is 69.6 Å². The first-order chi connectivity index (χ1) is 10.2. The van der Waals surface area contributed by atoms with Crippen molar-refractivity contribution in [3.05, 3.63) is 11.6 Å². The average Bonchev–Trinajstić information content (AvgIpc) is 2.35. The average molecular weight is 451 g/mol. The van der Waals surface area contributed by atoms with E-state index < -0.39 is 31.6 Å². The maximum absolute atomic E-state index is 11.5. The van der Waals surface area contributed by atoms with Crippen molar-refractivity contribution in [3.63, 3.8) is 0 Å². The van der Waals surface area contributed by atoms with Crippen molar-refractivity contribution in [1.82, 2.24) is 0 Å². The van der Waals surface area contributed by atoms with Crippen LogP contribution in [-0.2, 0) is 23.9 Å². The highest BCUT2D eigenvalue weighted by molar-refractivity contribution is 6.76. The molecule has 0 fully saturated rings. The Morgan fingerprint density at radius 2 is 1.52 bits per heavy atom. The third-order valence-corrected chi connectivity index (χ3v) is 3.06. The molecule has 0 amide bonds. The first-order valence-corrected chi connectivity index (χ1v) is 7.95. The lowest BCUT2D eigenvalue weighted by atomic mass is 10.2. The van der Waals surface area contributed by atoms with E-state index in [2.05, 4.69) is 4.74 Å². The number of carboxylic acid groups (broad SMARTS) is 1. The van der Waals surface area contributed by atoms with E-state index in [1.807, 2.05) is 0 Å². The van der Waals surface area contributed by atoms with E-state index in [0.29, 0.717) is 0 Å². The van der Waals surface area contributed by atoms with Crippen LogP contribution >= 0.6 is 69.6 Å². The van der Waals surface area contributed by atoms with Crippen LogP contribution in [0.3, 0.4) is 0 Å². The second-order valence-corrected chi connectivity index (χ2v) is 8.58. The van der Waals surface area contributed by atoms with Crippen molar-refractivity contribution in [2.24, 2.45) is 0 Å². The number of carboxylic acids is 1. The Kier molecular flexibility index (Phi) is 9.35. The Morgan fingerprint density at radius 3 is 1.91 bits per heavy atom. The number of carbonyl (C=O) groups excluding carboxylic acids is 2. The Bertz CT molecular complexity index is 492. The molecule has 23 heavy (non-hydrogen) atoms. The summed E-state index contributed by atoms with van der Waals surface area (Å²) in [6.45, 7) is 0.916. The lowest BCUT2D eigenvalue weighted by Gasteiger charge is -2.18. The van der Waals surface area contributed by atoms with Gasteiger partial charge >= 0.3 is 17.9 Å². The largest absolute Gasteiger partial charge is 0.478 e. The van der Waals surface area contributed by atoms with Gasteiger partial charge in [-0.05, 0) is 13.0 Å². The van der Waals surface area contributed by atoms with Crippen molar-refractivity contribution in [1.29, 1.82) is 0 Å². The summed E-state index contributed by atoms with van der Waals surface area (Å²) in [5, 5.41) is 8.82. The van der Waals surface area contributed by atoms with Gasteiger partial charge in [-0.3, -0.25) is 0 Å². The van der Waals surface area contributed by atoms with Gasteiger partial charge in [-0.25, -0.2) is 14.4 Å². The predicted octanol–water partition coefficient (Wildman–Crippen LogP) is 3.60. The molecular formula is C11H10Cl6O6. The normalized spacial score (nSPS) is 14.1. The summed E-state index contributed by atoms with van der Waals surface area (Å²) >= 11 is 32.0. The van der Waals surface area contributed by atoms with Gasteiger partial charge in [0.1, 0.15) is 6.10 Å². The topological polar surface area (TPSA) is 89.9 Å². The zero-order chi connectivity index (χ0) is 18.4.